The number of ketones is 1. The third kappa shape index (κ3) is 3.53. The summed E-state index contributed by atoms with van der Waals surface area (Å²) in [5.74, 6) is -3.35. The largest absolute Gasteiger partial charge is 0.475 e. The summed E-state index contributed by atoms with van der Waals surface area (Å²) in [4.78, 5) is 20.9. The van der Waals surface area contributed by atoms with Gasteiger partial charge in [0.15, 0.2) is 0 Å². The van der Waals surface area contributed by atoms with Gasteiger partial charge in [0, 0.05) is 0 Å². The molecule has 0 saturated heterocycles. The number of carboxylic acid groups (broad SMARTS) is 1. The molecule has 0 bridgehead atoms. The third-order valence-corrected chi connectivity index (χ3v) is 1.81. The Balaban J connectivity index is 4.50. The number of hydrogen-bond acceptors (Lipinski definition) is 7. The van der Waals surface area contributed by atoms with E-state index in [4.69, 9.17) is 26.2 Å². The van der Waals surface area contributed by atoms with Crippen LogP contribution in [0, 0.1) is 0 Å². The molecule has 7 N–H and O–H groups in total. The number of Topliss-reactive ketones (excluding diaryl/α,β-unsaturated/α-hetero) is 1. The van der Waals surface area contributed by atoms with E-state index in [2.05, 4.69) is 0 Å². The Bertz CT molecular complexity index is 243. The quantitative estimate of drug-likeness (QED) is 0.248. The average Bonchev–Trinajstić information content (AvgIpc) is 2.23. The van der Waals surface area contributed by atoms with Crippen LogP contribution in [0.1, 0.15) is 0 Å². The smallest absolute Gasteiger partial charge is 0.373 e. The van der Waals surface area contributed by atoms with Crippen molar-refractivity contribution in [1.82, 2.24) is 0 Å². The van der Waals surface area contributed by atoms with E-state index in [1.165, 1.54) is 0 Å². The lowest BCUT2D eigenvalue weighted by atomic mass is 9.99. The number of carbonyl (C=O) groups excluding carboxylic acids is 1. The molecule has 0 aromatic rings. The molecule has 88 valence electrons. The number of aliphatic carboxylic acids is 1. The van der Waals surface area contributed by atoms with E-state index >= 15 is 0 Å². The van der Waals surface area contributed by atoms with Gasteiger partial charge in [0.2, 0.25) is 0 Å². The topological polar surface area (TPSA) is 161 Å². The molecule has 0 rings (SSSR count). The average molecular weight is 223 g/mol. The molecular weight excluding hydrogens is 210 g/mol. The molecule has 0 aliphatic carbocycles. The lowest BCUT2D eigenvalue weighted by molar-refractivity contribution is -0.153. The Morgan fingerprint density at radius 2 is 1.60 bits per heavy atom. The molecule has 0 aliphatic rings. The van der Waals surface area contributed by atoms with Gasteiger partial charge >= 0.3 is 5.97 Å². The summed E-state index contributed by atoms with van der Waals surface area (Å²) in [6.07, 6.45) is -5.56. The predicted octanol–water partition coefficient (Wildman–Crippen LogP) is -3.96. The highest BCUT2D eigenvalue weighted by atomic mass is 16.4. The maximum Gasteiger partial charge on any atom is 0.373 e. The van der Waals surface area contributed by atoms with Crippen LogP contribution in [-0.4, -0.2) is 68.2 Å². The van der Waals surface area contributed by atoms with Crippen molar-refractivity contribution in [3.05, 3.63) is 0 Å². The highest BCUT2D eigenvalue weighted by molar-refractivity contribution is 6.34. The fourth-order valence-electron chi connectivity index (χ4n) is 0.846. The fourth-order valence-corrected chi connectivity index (χ4v) is 0.846. The maximum absolute atomic E-state index is 10.8. The Labute approximate surface area is 84.6 Å². The van der Waals surface area contributed by atoms with Crippen molar-refractivity contribution in [3.63, 3.8) is 0 Å². The molecule has 4 atom stereocenters. The molecule has 0 amide bonds. The first-order valence-electron chi connectivity index (χ1n) is 4.00. The number of carbonyl (C=O) groups is 2. The summed E-state index contributed by atoms with van der Waals surface area (Å²) in [7, 11) is 0. The summed E-state index contributed by atoms with van der Waals surface area (Å²) in [6.45, 7) is -0.855. The summed E-state index contributed by atoms with van der Waals surface area (Å²) >= 11 is 0. The normalized spacial score (nSPS) is 19.0. The molecular formula is C7H13NO7. The minimum absolute atomic E-state index is 0.855. The molecule has 8 heteroatoms. The van der Waals surface area contributed by atoms with E-state index in [-0.39, 0.29) is 0 Å². The molecule has 0 spiro atoms. The Morgan fingerprint density at radius 1 is 1.13 bits per heavy atom. The number of nitrogens with two attached hydrogens (primary N) is 1. The van der Waals surface area contributed by atoms with E-state index in [0.29, 0.717) is 0 Å². The van der Waals surface area contributed by atoms with Gasteiger partial charge in [-0.2, -0.15) is 0 Å². The van der Waals surface area contributed by atoms with Crippen LogP contribution >= 0.6 is 0 Å². The van der Waals surface area contributed by atoms with Crippen molar-refractivity contribution in [2.24, 2.45) is 5.73 Å². The molecule has 0 aromatic carbocycles. The van der Waals surface area contributed by atoms with Gasteiger partial charge in [0.25, 0.3) is 5.78 Å². The first-order valence-corrected chi connectivity index (χ1v) is 4.00. The van der Waals surface area contributed by atoms with Crippen LogP contribution < -0.4 is 5.73 Å². The Morgan fingerprint density at radius 3 is 1.93 bits per heavy atom. The molecule has 0 aromatic heterocycles. The lowest BCUT2D eigenvalue weighted by Gasteiger charge is -2.24. The van der Waals surface area contributed by atoms with Gasteiger partial charge in [0.05, 0.1) is 6.61 Å². The summed E-state index contributed by atoms with van der Waals surface area (Å²) < 4.78 is 0. The van der Waals surface area contributed by atoms with Crippen molar-refractivity contribution in [2.45, 2.75) is 24.4 Å². The highest BCUT2D eigenvalue weighted by Crippen LogP contribution is 2.04. The third-order valence-electron chi connectivity index (χ3n) is 1.81. The second-order valence-electron chi connectivity index (χ2n) is 2.93. The molecule has 0 fully saturated rings. The van der Waals surface area contributed by atoms with Gasteiger partial charge in [0.1, 0.15) is 24.4 Å². The van der Waals surface area contributed by atoms with E-state index in [9.17, 15) is 14.7 Å². The molecule has 0 radical (unpaired) electrons. The molecule has 1 unspecified atom stereocenters. The fraction of sp³-hybridized carbons (Fsp3) is 0.714. The first kappa shape index (κ1) is 13.9. The molecule has 15 heavy (non-hydrogen) atoms. The number of rotatable bonds is 6. The zero-order valence-corrected chi connectivity index (χ0v) is 7.65. The van der Waals surface area contributed by atoms with Gasteiger partial charge in [-0.1, -0.05) is 0 Å². The highest BCUT2D eigenvalue weighted by Gasteiger charge is 2.35. The number of carboxylic acids is 1. The van der Waals surface area contributed by atoms with Crippen molar-refractivity contribution in [3.8, 4) is 0 Å². The summed E-state index contributed by atoms with van der Waals surface area (Å²) in [6, 6.07) is -1.86. The number of aliphatic hydroxyl groups excluding tert-OH is 4. The second-order valence-corrected chi connectivity index (χ2v) is 2.93. The van der Waals surface area contributed by atoms with Gasteiger partial charge in [-0.25, -0.2) is 4.79 Å². The summed E-state index contributed by atoms with van der Waals surface area (Å²) in [5.41, 5.74) is 5.02. The van der Waals surface area contributed by atoms with Crippen LogP contribution in [0.2, 0.25) is 0 Å². The molecule has 0 saturated carbocycles. The van der Waals surface area contributed by atoms with Crippen LogP contribution in [0.4, 0.5) is 0 Å². The lowest BCUT2D eigenvalue weighted by Crippen LogP contribution is -2.54. The molecule has 0 aliphatic heterocycles. The zero-order chi connectivity index (χ0) is 12.2. The van der Waals surface area contributed by atoms with Gasteiger partial charge in [-0.3, -0.25) is 4.79 Å². The maximum atomic E-state index is 10.8. The van der Waals surface area contributed by atoms with Gasteiger partial charge < -0.3 is 31.3 Å². The standard InChI is InChI=1S/C7H13NO7/c8-3(6(13)7(14)15)5(12)4(11)2(10)1-9/h2-5,9-12H,1,8H2,(H,14,15)/t2?,3-,4-,5-/m1/s1. The predicted molar refractivity (Wildman–Crippen MR) is 45.7 cm³/mol. The van der Waals surface area contributed by atoms with E-state index in [0.717, 1.165) is 0 Å². The van der Waals surface area contributed by atoms with E-state index in [1.807, 2.05) is 0 Å². The Kier molecular flexibility index (Phi) is 5.33. The van der Waals surface area contributed by atoms with Crippen LogP contribution in [0.25, 0.3) is 0 Å². The van der Waals surface area contributed by atoms with Crippen molar-refractivity contribution < 1.29 is 35.1 Å². The van der Waals surface area contributed by atoms with Crippen molar-refractivity contribution in [1.29, 1.82) is 0 Å². The zero-order valence-electron chi connectivity index (χ0n) is 7.65. The van der Waals surface area contributed by atoms with Crippen LogP contribution in [-0.2, 0) is 9.59 Å². The minimum Gasteiger partial charge on any atom is -0.475 e. The van der Waals surface area contributed by atoms with Gasteiger partial charge in [-0.15, -0.1) is 0 Å². The Hall–Kier alpha value is -1.06. The van der Waals surface area contributed by atoms with Crippen LogP contribution in [0.3, 0.4) is 0 Å². The van der Waals surface area contributed by atoms with Crippen molar-refractivity contribution in [2.75, 3.05) is 6.61 Å². The minimum atomic E-state index is -1.96. The molecule has 0 heterocycles. The number of aliphatic hydroxyl groups is 4. The van der Waals surface area contributed by atoms with E-state index < -0.39 is 42.7 Å². The first-order chi connectivity index (χ1) is 6.82. The van der Waals surface area contributed by atoms with Crippen molar-refractivity contribution >= 4 is 11.8 Å². The monoisotopic (exact) mass is 223 g/mol. The van der Waals surface area contributed by atoms with E-state index in [1.54, 1.807) is 0 Å². The second kappa shape index (κ2) is 5.73. The summed E-state index contributed by atoms with van der Waals surface area (Å²) in [5, 5.41) is 43.8. The van der Waals surface area contributed by atoms with Gasteiger partial charge in [-0.05, 0) is 0 Å². The SMILES string of the molecule is N[C@@H](C(=O)C(=O)O)[C@@H](O)[C@H](O)C(O)CO. The van der Waals surface area contributed by atoms with Crippen LogP contribution in [0.5, 0.6) is 0 Å². The number of hydrogen-bond donors (Lipinski definition) is 6. The van der Waals surface area contributed by atoms with Crippen LogP contribution in [0.15, 0.2) is 0 Å². The molecule has 8 nitrogen and oxygen atoms in total.